The summed E-state index contributed by atoms with van der Waals surface area (Å²) in [6, 6.07) is 3.64. The highest BCUT2D eigenvalue weighted by molar-refractivity contribution is 7.92. The lowest BCUT2D eigenvalue weighted by Crippen LogP contribution is -2.41. The summed E-state index contributed by atoms with van der Waals surface area (Å²) in [7, 11) is -8.53. The van der Waals surface area contributed by atoms with Crippen molar-refractivity contribution >= 4 is 60.1 Å². The molecule has 1 unspecified atom stereocenters. The van der Waals surface area contributed by atoms with Crippen molar-refractivity contribution in [3.63, 3.8) is 0 Å². The van der Waals surface area contributed by atoms with Crippen LogP contribution in [0.2, 0.25) is 5.02 Å². The first-order valence-electron chi connectivity index (χ1n) is 21.7. The van der Waals surface area contributed by atoms with Gasteiger partial charge in [-0.05, 0) is 80.3 Å². The van der Waals surface area contributed by atoms with Crippen LogP contribution in [-0.4, -0.2) is 89.5 Å². The Morgan fingerprint density at radius 2 is 1.60 bits per heavy atom. The van der Waals surface area contributed by atoms with Gasteiger partial charge in [-0.3, -0.25) is 19.0 Å². The van der Waals surface area contributed by atoms with Crippen molar-refractivity contribution in [1.29, 1.82) is 0 Å². The number of benzene rings is 2. The molecule has 4 atom stereocenters. The molecule has 2 aromatic carbocycles. The first-order valence-corrected chi connectivity index (χ1v) is 25.8. The summed E-state index contributed by atoms with van der Waals surface area (Å²) in [6.07, 6.45) is -9.79. The van der Waals surface area contributed by atoms with Gasteiger partial charge in [-0.1, -0.05) is 37.4 Å². The van der Waals surface area contributed by atoms with E-state index in [1.165, 1.54) is 19.9 Å². The number of carbonyl (C=O) groups excluding carboxylic acids is 2. The van der Waals surface area contributed by atoms with E-state index in [1.54, 1.807) is 13.8 Å². The van der Waals surface area contributed by atoms with Crippen LogP contribution in [-0.2, 0) is 65.8 Å². The van der Waals surface area contributed by atoms with Crippen molar-refractivity contribution in [1.82, 2.24) is 29.9 Å². The van der Waals surface area contributed by atoms with E-state index in [4.69, 9.17) is 22.1 Å². The van der Waals surface area contributed by atoms with Gasteiger partial charge >= 0.3 is 18.3 Å². The standard InChI is InChI=1S/C45H43ClF10N8O7S2/c1-21(2)35(57)41(66)71-20-64(73(6,69)70)40-34-30(46)10-9-27(37(34)63(61-40)19-43(49,50)51)26-8-7-25(11-12-42(3,4)72(5,67)68)58-36(26)31(15-22-13-23(47)16-24(48)14-22)59-32(65)18-62-39-33(38(60-62)45(54,55)56)28-17-29(28)44(39,52)53/h7-10,13-14,16,21,28-29,31,35H,15,17-20,57H2,1-6H3,(H,59,65)/t28-,29+,31-,35?/m0/s1. The zero-order valence-electron chi connectivity index (χ0n) is 39.1. The fraction of sp³-hybridized carbons (Fsp3) is 0.444. The van der Waals surface area contributed by atoms with Gasteiger partial charge in [0.25, 0.3) is 5.92 Å². The van der Waals surface area contributed by atoms with Crippen LogP contribution >= 0.6 is 11.6 Å². The van der Waals surface area contributed by atoms with Crippen LogP contribution in [0.5, 0.6) is 0 Å². The van der Waals surface area contributed by atoms with Crippen LogP contribution < -0.4 is 15.4 Å². The molecular formula is C45H43ClF10N8O7S2. The monoisotopic (exact) mass is 1100 g/mol. The highest BCUT2D eigenvalue weighted by Gasteiger charge is 2.68. The molecule has 15 nitrogen and oxygen atoms in total. The van der Waals surface area contributed by atoms with E-state index in [-0.39, 0.29) is 33.5 Å². The normalized spacial score (nSPS) is 17.4. The number of hydrogen-bond donors (Lipinski definition) is 2. The number of sulfone groups is 1. The van der Waals surface area contributed by atoms with Crippen molar-refractivity contribution in [2.24, 2.45) is 17.6 Å². The number of fused-ring (bicyclic) bond motifs is 4. The van der Waals surface area contributed by atoms with E-state index >= 15 is 8.78 Å². The Morgan fingerprint density at radius 3 is 2.18 bits per heavy atom. The molecule has 2 aliphatic carbocycles. The number of hydrogen-bond acceptors (Lipinski definition) is 11. The SMILES string of the molecule is CC(C)C(N)C(=O)OCN(c1nn(CC(F)(F)F)c2c(-c3ccc(C#CC(C)(C)S(C)(=O)=O)nc3[C@H](Cc3cc(F)cc(F)c3)NC(=O)Cn3nc(C(F)(F)F)c4c3C(F)(F)[C@@H]3C[C@H]43)ccc(Cl)c12)S(C)(=O)=O. The number of carbonyl (C=O) groups is 2. The number of pyridine rings is 1. The molecule has 0 aliphatic heterocycles. The molecular weight excluding hydrogens is 1050 g/mol. The molecule has 0 radical (unpaired) electrons. The van der Waals surface area contributed by atoms with Crippen LogP contribution in [0.15, 0.2) is 42.5 Å². The Morgan fingerprint density at radius 1 is 0.973 bits per heavy atom. The Kier molecular flexibility index (Phi) is 14.3. The van der Waals surface area contributed by atoms with Crippen molar-refractivity contribution in [2.75, 3.05) is 23.5 Å². The van der Waals surface area contributed by atoms with Gasteiger partial charge in [0.2, 0.25) is 15.9 Å². The van der Waals surface area contributed by atoms with E-state index in [0.29, 0.717) is 21.3 Å². The summed E-state index contributed by atoms with van der Waals surface area (Å²) in [5.41, 5.74) is 0.158. The predicted molar refractivity (Wildman–Crippen MR) is 244 cm³/mol. The van der Waals surface area contributed by atoms with Crippen molar-refractivity contribution in [2.45, 2.75) is 94.6 Å². The number of nitrogens with two attached hydrogens (primary N) is 1. The summed E-state index contributed by atoms with van der Waals surface area (Å²) in [5, 5.41) is 8.90. The zero-order chi connectivity index (χ0) is 54.3. The average Bonchev–Trinajstić information content (AvgIpc) is 3.76. The van der Waals surface area contributed by atoms with Gasteiger partial charge in [-0.25, -0.2) is 34.9 Å². The maximum atomic E-state index is 15.6. The number of halogens is 11. The van der Waals surface area contributed by atoms with Gasteiger partial charge in [-0.15, -0.1) is 0 Å². The Hall–Kier alpha value is -5.98. The van der Waals surface area contributed by atoms with Crippen molar-refractivity contribution < 1.29 is 75.1 Å². The minimum atomic E-state index is -5.22. The molecule has 394 valence electrons. The van der Waals surface area contributed by atoms with E-state index in [2.05, 4.69) is 32.3 Å². The Bertz CT molecular complexity index is 3330. The fourth-order valence-corrected chi connectivity index (χ4v) is 9.40. The highest BCUT2D eigenvalue weighted by Crippen LogP contribution is 2.68. The molecule has 28 heteroatoms. The molecule has 1 saturated carbocycles. The smallest absolute Gasteiger partial charge is 0.435 e. The van der Waals surface area contributed by atoms with Gasteiger partial charge in [-0.2, -0.15) is 45.3 Å². The molecule has 0 bridgehead atoms. The van der Waals surface area contributed by atoms with Gasteiger partial charge in [0.1, 0.15) is 46.9 Å². The highest BCUT2D eigenvalue weighted by atomic mass is 35.5. The lowest BCUT2D eigenvalue weighted by molar-refractivity contribution is -0.146. The number of rotatable bonds is 15. The molecule has 7 rings (SSSR count). The number of ether oxygens (including phenoxy) is 1. The molecule has 3 heterocycles. The van der Waals surface area contributed by atoms with Gasteiger partial charge in [0.15, 0.2) is 28.1 Å². The third kappa shape index (κ3) is 11.3. The average molecular weight is 1100 g/mol. The molecule has 1 amide bonds. The number of amides is 1. The van der Waals surface area contributed by atoms with E-state index in [0.717, 1.165) is 36.6 Å². The number of nitrogens with zero attached hydrogens (tertiary/aromatic N) is 6. The number of aromatic nitrogens is 5. The summed E-state index contributed by atoms with van der Waals surface area (Å²) in [4.78, 5) is 31.5. The lowest BCUT2D eigenvalue weighted by atomic mass is 9.93. The van der Waals surface area contributed by atoms with Gasteiger partial charge in [0, 0.05) is 34.9 Å². The second-order valence-electron chi connectivity index (χ2n) is 18.5. The molecule has 0 saturated heterocycles. The lowest BCUT2D eigenvalue weighted by Gasteiger charge is -2.23. The topological polar surface area (TPSA) is 201 Å². The minimum Gasteiger partial charge on any atom is -0.442 e. The Balaban J connectivity index is 1.47. The van der Waals surface area contributed by atoms with Gasteiger partial charge < -0.3 is 15.8 Å². The molecule has 2 aliphatic rings. The zero-order valence-corrected chi connectivity index (χ0v) is 41.4. The van der Waals surface area contributed by atoms with Crippen molar-refractivity contribution in [3.05, 3.63) is 93.0 Å². The third-order valence-electron chi connectivity index (χ3n) is 12.3. The number of anilines is 1. The summed E-state index contributed by atoms with van der Waals surface area (Å²) < 4.78 is 203. The number of sulfonamides is 1. The van der Waals surface area contributed by atoms with Gasteiger partial charge in [0.05, 0.1) is 33.9 Å². The van der Waals surface area contributed by atoms with Crippen LogP contribution in [0.3, 0.4) is 0 Å². The second kappa shape index (κ2) is 19.1. The van der Waals surface area contributed by atoms with E-state index in [1.807, 2.05) is 0 Å². The molecule has 1 fully saturated rings. The van der Waals surface area contributed by atoms with Crippen molar-refractivity contribution in [3.8, 4) is 23.0 Å². The Labute approximate surface area is 415 Å². The summed E-state index contributed by atoms with van der Waals surface area (Å²) in [5.74, 6) is -7.41. The summed E-state index contributed by atoms with van der Waals surface area (Å²) >= 11 is 6.66. The first kappa shape index (κ1) is 54.8. The van der Waals surface area contributed by atoms with E-state index < -0.39 is 167 Å². The maximum absolute atomic E-state index is 15.6. The quantitative estimate of drug-likeness (QED) is 0.0454. The molecule has 5 aromatic rings. The minimum absolute atomic E-state index is 0.198. The second-order valence-corrected chi connectivity index (χ2v) is 23.4. The molecule has 0 spiro atoms. The number of nitrogens with one attached hydrogen (secondary N) is 1. The molecule has 73 heavy (non-hydrogen) atoms. The molecule has 3 aromatic heterocycles. The number of alkyl halides is 8. The maximum Gasteiger partial charge on any atom is 0.435 e. The predicted octanol–water partition coefficient (Wildman–Crippen LogP) is 7.54. The molecule has 3 N–H and O–H groups in total. The van der Waals surface area contributed by atoms with Crippen LogP contribution in [0, 0.1) is 35.3 Å². The van der Waals surface area contributed by atoms with Crippen LogP contribution in [0.1, 0.15) is 80.0 Å². The number of esters is 1. The van der Waals surface area contributed by atoms with E-state index in [9.17, 15) is 61.5 Å². The first-order chi connectivity index (χ1) is 33.5. The van der Waals surface area contributed by atoms with Crippen LogP contribution in [0.4, 0.5) is 49.7 Å². The fourth-order valence-electron chi connectivity index (χ4n) is 8.24. The largest absolute Gasteiger partial charge is 0.442 e. The third-order valence-corrected chi connectivity index (χ3v) is 15.6. The summed E-state index contributed by atoms with van der Waals surface area (Å²) in [6.45, 7) is 1.19. The van der Waals surface area contributed by atoms with Crippen LogP contribution in [0.25, 0.3) is 22.0 Å².